The first-order valence-electron chi connectivity index (χ1n) is 11.2. The van der Waals surface area contributed by atoms with Crippen LogP contribution in [0.2, 0.25) is 0 Å². The summed E-state index contributed by atoms with van der Waals surface area (Å²) in [5.41, 5.74) is 1.41. The zero-order valence-electron chi connectivity index (χ0n) is 18.7. The first-order chi connectivity index (χ1) is 16.6. The first kappa shape index (κ1) is 25.4. The number of rotatable bonds is 5. The van der Waals surface area contributed by atoms with Crippen LogP contribution >= 0.6 is 36.3 Å². The molecule has 5 heteroatoms. The van der Waals surface area contributed by atoms with Gasteiger partial charge < -0.3 is 0 Å². The third-order valence-corrected chi connectivity index (χ3v) is 10.2. The molecule has 5 rings (SSSR count). The molecule has 0 aliphatic rings. The van der Waals surface area contributed by atoms with Crippen molar-refractivity contribution in [3.05, 3.63) is 139 Å². The molecule has 5 aromatic carbocycles. The number of fused-ring (bicyclic) bond motifs is 1. The Morgan fingerprint density at radius 3 is 1.32 bits per heavy atom. The average Bonchev–Trinajstić information content (AvgIpc) is 2.89. The van der Waals surface area contributed by atoms with Crippen molar-refractivity contribution in [1.29, 1.82) is 0 Å². The van der Waals surface area contributed by atoms with E-state index < -0.39 is 20.2 Å². The standard InChI is InChI=1S/C29H24P.3ClH.Zn/c1-4-16-26(17-5-1)30(27-18-6-2-7-19-27,28-20-8-3-9-21-28)23-25-15-12-14-24-13-10-11-22-29(24)25;;;;/h1-22H,23H2;3*1H;/q+1;;;;+2/p-3. The molecule has 0 unspecified atom stereocenters. The Bertz CT molecular complexity index is 1210. The normalized spacial score (nSPS) is 10.9. The minimum atomic E-state index is -2.21. The molecule has 5 aromatic rings. The van der Waals surface area contributed by atoms with Gasteiger partial charge in [-0.25, -0.2) is 0 Å². The largest absolute Gasteiger partial charge is 0.116 e. The first-order valence-corrected chi connectivity index (χ1v) is 24.9. The van der Waals surface area contributed by atoms with Gasteiger partial charge in [0.2, 0.25) is 0 Å². The minimum absolute atomic E-state index is 1.01. The van der Waals surface area contributed by atoms with Crippen LogP contribution in [0.3, 0.4) is 0 Å². The maximum absolute atomic E-state index is 5.01. The molecule has 0 atom stereocenters. The molecule has 0 radical (unpaired) electrons. The zero-order chi connectivity index (χ0) is 23.8. The third kappa shape index (κ3) is 5.91. The molecule has 0 aliphatic carbocycles. The second-order valence-electron chi connectivity index (χ2n) is 7.92. The number of halogens is 3. The van der Waals surface area contributed by atoms with E-state index in [1.807, 2.05) is 0 Å². The molecular weight excluding hydrogens is 551 g/mol. The summed E-state index contributed by atoms with van der Waals surface area (Å²) in [6, 6.07) is 48.8. The molecule has 0 amide bonds. The molecule has 0 saturated heterocycles. The van der Waals surface area contributed by atoms with E-state index in [1.165, 1.54) is 32.2 Å². The molecule has 0 bridgehead atoms. The SMILES string of the molecule is [Cl][Zn-]([Cl])[Cl].c1ccc([P+](Cc2cccc3ccccc23)(c2ccccc2)c2ccccc2)cc1. The predicted molar refractivity (Wildman–Crippen MR) is 150 cm³/mol. The number of hydrogen-bond acceptors (Lipinski definition) is 0. The van der Waals surface area contributed by atoms with E-state index in [2.05, 4.69) is 133 Å². The van der Waals surface area contributed by atoms with E-state index in [9.17, 15) is 0 Å². The zero-order valence-corrected chi connectivity index (χ0v) is 24.8. The number of benzene rings is 5. The van der Waals surface area contributed by atoms with Crippen LogP contribution < -0.4 is 15.9 Å². The Hall–Kier alpha value is -1.72. The summed E-state index contributed by atoms with van der Waals surface area (Å²) in [6.07, 6.45) is 1.01. The van der Waals surface area contributed by atoms with Crippen LogP contribution in [0.4, 0.5) is 0 Å². The molecule has 0 N–H and O–H groups in total. The van der Waals surface area contributed by atoms with Crippen molar-refractivity contribution in [3.63, 3.8) is 0 Å². The van der Waals surface area contributed by atoms with Crippen molar-refractivity contribution >= 4 is 63.0 Å². The average molecular weight is 575 g/mol. The van der Waals surface area contributed by atoms with Crippen LogP contribution in [0.15, 0.2) is 133 Å². The summed E-state index contributed by atoms with van der Waals surface area (Å²) < 4.78 is 0. The Morgan fingerprint density at radius 2 is 0.853 bits per heavy atom. The van der Waals surface area contributed by atoms with Crippen molar-refractivity contribution in [3.8, 4) is 0 Å². The molecule has 0 aliphatic heterocycles. The summed E-state index contributed by atoms with van der Waals surface area (Å²) in [5, 5.41) is 6.94. The minimum Gasteiger partial charge on any atom is -0.0620 e. The van der Waals surface area contributed by atoms with Crippen molar-refractivity contribution < 1.29 is 13.0 Å². The van der Waals surface area contributed by atoms with E-state index in [4.69, 9.17) is 29.1 Å². The monoisotopic (exact) mass is 572 g/mol. The summed E-state index contributed by atoms with van der Waals surface area (Å²) in [6.45, 7) is 0. The van der Waals surface area contributed by atoms with E-state index in [0.717, 1.165) is 6.16 Å². The van der Waals surface area contributed by atoms with Gasteiger partial charge >= 0.3 is 42.1 Å². The fourth-order valence-electron chi connectivity index (χ4n) is 4.45. The third-order valence-electron chi connectivity index (χ3n) is 5.88. The maximum atomic E-state index is 5.01. The maximum Gasteiger partial charge on any atom is 0.116 e. The van der Waals surface area contributed by atoms with Crippen molar-refractivity contribution in [1.82, 2.24) is 0 Å². The second kappa shape index (κ2) is 12.3. The van der Waals surface area contributed by atoms with E-state index in [0.29, 0.717) is 0 Å². The van der Waals surface area contributed by atoms with Gasteiger partial charge in [-0.3, -0.25) is 0 Å². The van der Waals surface area contributed by atoms with Crippen LogP contribution in [0.5, 0.6) is 0 Å². The topological polar surface area (TPSA) is 0 Å². The summed E-state index contributed by atoms with van der Waals surface area (Å²) in [7, 11) is 13.2. The molecule has 34 heavy (non-hydrogen) atoms. The van der Waals surface area contributed by atoms with Gasteiger partial charge in [0.1, 0.15) is 23.2 Å². The van der Waals surface area contributed by atoms with Gasteiger partial charge in [-0.1, -0.05) is 97.1 Å². The molecule has 0 fully saturated rings. The molecule has 0 nitrogen and oxygen atoms in total. The van der Waals surface area contributed by atoms with Crippen LogP contribution in [0.25, 0.3) is 10.8 Å². The predicted octanol–water partition coefficient (Wildman–Crippen LogP) is 8.40. The van der Waals surface area contributed by atoms with Crippen LogP contribution in [-0.4, -0.2) is 0 Å². The molecule has 0 saturated carbocycles. The van der Waals surface area contributed by atoms with Crippen LogP contribution in [0.1, 0.15) is 5.56 Å². The fraction of sp³-hybridized carbons (Fsp3) is 0.0345. The number of hydrogen-bond donors (Lipinski definition) is 0. The van der Waals surface area contributed by atoms with Crippen molar-refractivity contribution in [2.75, 3.05) is 0 Å². The quantitative estimate of drug-likeness (QED) is 0.146. The van der Waals surface area contributed by atoms with Gasteiger partial charge in [0.25, 0.3) is 0 Å². The van der Waals surface area contributed by atoms with Crippen molar-refractivity contribution in [2.24, 2.45) is 0 Å². The summed E-state index contributed by atoms with van der Waals surface area (Å²) in [4.78, 5) is 0. The molecule has 0 aromatic heterocycles. The Balaban J connectivity index is 0.000000636. The van der Waals surface area contributed by atoms with E-state index in [1.54, 1.807) is 0 Å². The van der Waals surface area contributed by atoms with Crippen LogP contribution in [0, 0.1) is 0 Å². The van der Waals surface area contributed by atoms with Gasteiger partial charge in [-0.2, -0.15) is 0 Å². The van der Waals surface area contributed by atoms with E-state index in [-0.39, 0.29) is 0 Å². The van der Waals surface area contributed by atoms with Gasteiger partial charge in [0.05, 0.1) is 6.16 Å². The van der Waals surface area contributed by atoms with E-state index >= 15 is 0 Å². The van der Waals surface area contributed by atoms with Crippen molar-refractivity contribution in [2.45, 2.75) is 6.16 Å². The smallest absolute Gasteiger partial charge is 0.0620 e. The Labute approximate surface area is 219 Å². The molecule has 0 spiro atoms. The van der Waals surface area contributed by atoms with Gasteiger partial charge in [-0.15, -0.1) is 0 Å². The van der Waals surface area contributed by atoms with Gasteiger partial charge in [0, 0.05) is 0 Å². The summed E-state index contributed by atoms with van der Waals surface area (Å²) >= 11 is -2.21. The molecular formula is C29H24Cl3PZn. The molecule has 0 heterocycles. The Morgan fingerprint density at radius 1 is 0.471 bits per heavy atom. The Kier molecular flexibility index (Phi) is 9.19. The van der Waals surface area contributed by atoms with Crippen LogP contribution in [-0.2, 0) is 19.1 Å². The summed E-state index contributed by atoms with van der Waals surface area (Å²) in [5.74, 6) is 0. The molecule has 168 valence electrons. The van der Waals surface area contributed by atoms with Gasteiger partial charge in [-0.05, 0) is 52.7 Å². The van der Waals surface area contributed by atoms with Gasteiger partial charge in [0.15, 0.2) is 0 Å². The second-order valence-corrected chi connectivity index (χ2v) is 25.3. The fourth-order valence-corrected chi connectivity index (χ4v) is 8.73.